The van der Waals surface area contributed by atoms with E-state index in [-0.39, 0.29) is 5.91 Å². The second-order valence-electron chi connectivity index (χ2n) is 4.54. The van der Waals surface area contributed by atoms with Crippen molar-refractivity contribution in [3.8, 4) is 0 Å². The van der Waals surface area contributed by atoms with Gasteiger partial charge in [0.25, 0.3) is 0 Å². The van der Waals surface area contributed by atoms with E-state index in [1.807, 2.05) is 24.3 Å². The maximum Gasteiger partial charge on any atom is 0.236 e. The monoisotopic (exact) mass is 243 g/mol. The van der Waals surface area contributed by atoms with Crippen molar-refractivity contribution < 1.29 is 9.32 Å². The third-order valence-electron chi connectivity index (χ3n) is 3.33. The molecule has 1 aliphatic carbocycles. The van der Waals surface area contributed by atoms with Crippen molar-refractivity contribution in [2.45, 2.75) is 18.3 Å². The Morgan fingerprint density at radius 3 is 2.56 bits per heavy atom. The summed E-state index contributed by atoms with van der Waals surface area (Å²) in [5.74, 6) is 0.405. The number of carbonyl (C=O) groups is 1. The van der Waals surface area contributed by atoms with Crippen molar-refractivity contribution in [1.82, 2.24) is 5.16 Å². The molecule has 1 aromatic heterocycles. The molecule has 0 atom stereocenters. The Labute approximate surface area is 104 Å². The molecule has 5 heteroatoms. The molecule has 0 aliphatic heterocycles. The van der Waals surface area contributed by atoms with Crippen molar-refractivity contribution in [3.63, 3.8) is 0 Å². The summed E-state index contributed by atoms with van der Waals surface area (Å²) < 4.78 is 4.69. The molecule has 1 amide bonds. The number of carbonyl (C=O) groups excluding carboxylic acids is 1. The SMILES string of the molecule is Nc1ccc(C2(C(=O)Nc3ccon3)CC2)cc1. The van der Waals surface area contributed by atoms with Crippen LogP contribution in [0.2, 0.25) is 0 Å². The Balaban J connectivity index is 1.82. The number of hydrogen-bond donors (Lipinski definition) is 2. The lowest BCUT2D eigenvalue weighted by Gasteiger charge is -2.14. The van der Waals surface area contributed by atoms with Gasteiger partial charge in [-0.1, -0.05) is 17.3 Å². The molecule has 0 saturated heterocycles. The van der Waals surface area contributed by atoms with Gasteiger partial charge in [0.1, 0.15) is 6.26 Å². The number of nitrogens with one attached hydrogen (secondary N) is 1. The van der Waals surface area contributed by atoms with Crippen LogP contribution in [0.3, 0.4) is 0 Å². The number of nitrogens with zero attached hydrogens (tertiary/aromatic N) is 1. The van der Waals surface area contributed by atoms with Gasteiger partial charge in [0, 0.05) is 11.8 Å². The summed E-state index contributed by atoms with van der Waals surface area (Å²) in [5, 5.41) is 6.44. The van der Waals surface area contributed by atoms with E-state index in [0.29, 0.717) is 11.5 Å². The maximum absolute atomic E-state index is 12.3. The lowest BCUT2D eigenvalue weighted by Crippen LogP contribution is -2.27. The standard InChI is InChI=1S/C13H13N3O2/c14-10-3-1-9(2-4-10)13(6-7-13)12(17)15-11-5-8-18-16-11/h1-5,8H,6-7,14H2,(H,15,16,17). The van der Waals surface area contributed by atoms with Gasteiger partial charge in [0.05, 0.1) is 5.41 Å². The zero-order valence-corrected chi connectivity index (χ0v) is 9.72. The van der Waals surface area contributed by atoms with E-state index >= 15 is 0 Å². The van der Waals surface area contributed by atoms with Gasteiger partial charge in [0.15, 0.2) is 5.82 Å². The second-order valence-corrected chi connectivity index (χ2v) is 4.54. The van der Waals surface area contributed by atoms with Crippen LogP contribution in [0, 0.1) is 0 Å². The molecule has 0 radical (unpaired) electrons. The number of anilines is 2. The van der Waals surface area contributed by atoms with Crippen molar-refractivity contribution in [1.29, 1.82) is 0 Å². The molecule has 1 fully saturated rings. The highest BCUT2D eigenvalue weighted by molar-refractivity contribution is 6.00. The molecule has 0 unspecified atom stereocenters. The molecule has 3 rings (SSSR count). The molecule has 5 nitrogen and oxygen atoms in total. The zero-order chi connectivity index (χ0) is 12.6. The third-order valence-corrected chi connectivity index (χ3v) is 3.33. The Hall–Kier alpha value is -2.30. The van der Waals surface area contributed by atoms with Crippen LogP contribution in [-0.2, 0) is 10.2 Å². The van der Waals surface area contributed by atoms with Gasteiger partial charge in [-0.2, -0.15) is 0 Å². The number of amides is 1. The predicted octanol–water partition coefficient (Wildman–Crippen LogP) is 1.93. The van der Waals surface area contributed by atoms with Crippen molar-refractivity contribution in [3.05, 3.63) is 42.2 Å². The number of nitrogen functional groups attached to an aromatic ring is 1. The van der Waals surface area contributed by atoms with Crippen LogP contribution in [0.15, 0.2) is 41.1 Å². The largest absolute Gasteiger partial charge is 0.399 e. The average molecular weight is 243 g/mol. The molecule has 0 bridgehead atoms. The minimum atomic E-state index is -0.424. The normalized spacial score (nSPS) is 16.2. The highest BCUT2D eigenvalue weighted by atomic mass is 16.5. The van der Waals surface area contributed by atoms with Gasteiger partial charge in [-0.25, -0.2) is 0 Å². The van der Waals surface area contributed by atoms with Crippen molar-refractivity contribution >= 4 is 17.4 Å². The number of nitrogens with two attached hydrogens (primary N) is 1. The van der Waals surface area contributed by atoms with Crippen LogP contribution in [-0.4, -0.2) is 11.1 Å². The third kappa shape index (κ3) is 1.73. The van der Waals surface area contributed by atoms with Gasteiger partial charge in [-0.15, -0.1) is 0 Å². The molecule has 2 aromatic rings. The average Bonchev–Trinajstić information content (AvgIpc) is 3.03. The Kier molecular flexibility index (Phi) is 2.33. The lowest BCUT2D eigenvalue weighted by atomic mass is 9.95. The summed E-state index contributed by atoms with van der Waals surface area (Å²) in [5.41, 5.74) is 6.93. The molecular weight excluding hydrogens is 230 g/mol. The Bertz CT molecular complexity index is 556. The molecular formula is C13H13N3O2. The fraction of sp³-hybridized carbons (Fsp3) is 0.231. The second kappa shape index (κ2) is 3.87. The number of aromatic nitrogens is 1. The summed E-state index contributed by atoms with van der Waals surface area (Å²) in [4.78, 5) is 12.3. The molecule has 1 aliphatic rings. The van der Waals surface area contributed by atoms with Crippen LogP contribution >= 0.6 is 0 Å². The van der Waals surface area contributed by atoms with Gasteiger partial charge in [-0.05, 0) is 30.5 Å². The van der Waals surface area contributed by atoms with Crippen molar-refractivity contribution in [2.24, 2.45) is 0 Å². The summed E-state index contributed by atoms with van der Waals surface area (Å²) in [7, 11) is 0. The van der Waals surface area contributed by atoms with E-state index in [0.717, 1.165) is 18.4 Å². The molecule has 1 heterocycles. The van der Waals surface area contributed by atoms with E-state index in [4.69, 9.17) is 5.73 Å². The van der Waals surface area contributed by atoms with Crippen LogP contribution < -0.4 is 11.1 Å². The lowest BCUT2D eigenvalue weighted by molar-refractivity contribution is -0.118. The van der Waals surface area contributed by atoms with Crippen LogP contribution in [0.25, 0.3) is 0 Å². The van der Waals surface area contributed by atoms with Gasteiger partial charge >= 0.3 is 0 Å². The Morgan fingerprint density at radius 1 is 1.28 bits per heavy atom. The molecule has 1 aromatic carbocycles. The predicted molar refractivity (Wildman–Crippen MR) is 66.9 cm³/mol. The number of hydrogen-bond acceptors (Lipinski definition) is 4. The first-order chi connectivity index (χ1) is 8.71. The highest BCUT2D eigenvalue weighted by Crippen LogP contribution is 2.49. The summed E-state index contributed by atoms with van der Waals surface area (Å²) in [6.45, 7) is 0. The van der Waals surface area contributed by atoms with Crippen molar-refractivity contribution in [2.75, 3.05) is 11.1 Å². The van der Waals surface area contributed by atoms with Gasteiger partial charge in [0.2, 0.25) is 5.91 Å². The first kappa shape index (κ1) is 10.8. The van der Waals surface area contributed by atoms with E-state index in [1.54, 1.807) is 6.07 Å². The topological polar surface area (TPSA) is 81.2 Å². The zero-order valence-electron chi connectivity index (χ0n) is 9.72. The van der Waals surface area contributed by atoms with E-state index in [1.165, 1.54) is 6.26 Å². The molecule has 3 N–H and O–H groups in total. The first-order valence-electron chi connectivity index (χ1n) is 5.79. The van der Waals surface area contributed by atoms with E-state index < -0.39 is 5.41 Å². The van der Waals surface area contributed by atoms with Gasteiger partial charge in [-0.3, -0.25) is 4.79 Å². The van der Waals surface area contributed by atoms with E-state index in [2.05, 4.69) is 15.0 Å². The molecule has 18 heavy (non-hydrogen) atoms. The smallest absolute Gasteiger partial charge is 0.236 e. The molecule has 1 saturated carbocycles. The highest BCUT2D eigenvalue weighted by Gasteiger charge is 2.51. The first-order valence-corrected chi connectivity index (χ1v) is 5.79. The maximum atomic E-state index is 12.3. The van der Waals surface area contributed by atoms with Crippen LogP contribution in [0.4, 0.5) is 11.5 Å². The molecule has 0 spiro atoms. The fourth-order valence-electron chi connectivity index (χ4n) is 2.09. The summed E-state index contributed by atoms with van der Waals surface area (Å²) >= 11 is 0. The van der Waals surface area contributed by atoms with E-state index in [9.17, 15) is 4.79 Å². The quantitative estimate of drug-likeness (QED) is 0.807. The fourth-order valence-corrected chi connectivity index (χ4v) is 2.09. The Morgan fingerprint density at radius 2 is 2.00 bits per heavy atom. The minimum absolute atomic E-state index is 0.0406. The van der Waals surface area contributed by atoms with Crippen LogP contribution in [0.5, 0.6) is 0 Å². The number of rotatable bonds is 3. The van der Waals surface area contributed by atoms with Crippen LogP contribution in [0.1, 0.15) is 18.4 Å². The summed E-state index contributed by atoms with van der Waals surface area (Å²) in [6.07, 6.45) is 3.12. The molecule has 92 valence electrons. The number of benzene rings is 1. The summed E-state index contributed by atoms with van der Waals surface area (Å²) in [6, 6.07) is 9.07. The minimum Gasteiger partial charge on any atom is -0.399 e. The van der Waals surface area contributed by atoms with Gasteiger partial charge < -0.3 is 15.6 Å².